The molecule has 14 heteroatoms. The van der Waals surface area contributed by atoms with E-state index in [1.807, 2.05) is 18.8 Å². The van der Waals surface area contributed by atoms with Gasteiger partial charge in [0.15, 0.2) is 11.9 Å². The summed E-state index contributed by atoms with van der Waals surface area (Å²) in [5, 5.41) is 13.1. The third-order valence-corrected chi connectivity index (χ3v) is 7.11. The summed E-state index contributed by atoms with van der Waals surface area (Å²) < 4.78 is 51.6. The van der Waals surface area contributed by atoms with Gasteiger partial charge in [-0.2, -0.15) is 5.09 Å². The maximum absolute atomic E-state index is 15.5. The normalized spacial score (nSPS) is 26.0. The van der Waals surface area contributed by atoms with E-state index in [9.17, 15) is 24.1 Å². The highest BCUT2D eigenvalue weighted by Crippen LogP contribution is 2.47. The molecule has 1 saturated heterocycles. The van der Waals surface area contributed by atoms with E-state index in [-0.39, 0.29) is 18.3 Å². The summed E-state index contributed by atoms with van der Waals surface area (Å²) in [7, 11) is -4.31. The van der Waals surface area contributed by atoms with Crippen LogP contribution in [-0.4, -0.2) is 57.8 Å². The van der Waals surface area contributed by atoms with E-state index < -0.39 is 61.7 Å². The van der Waals surface area contributed by atoms with Crippen LogP contribution < -0.4 is 20.9 Å². The van der Waals surface area contributed by atoms with Gasteiger partial charge >= 0.3 is 19.4 Å². The van der Waals surface area contributed by atoms with Crippen molar-refractivity contribution in [1.29, 1.82) is 0 Å². The predicted molar refractivity (Wildman–Crippen MR) is 130 cm³/mol. The first-order chi connectivity index (χ1) is 17.3. The van der Waals surface area contributed by atoms with Crippen LogP contribution in [-0.2, 0) is 23.4 Å². The topological polar surface area (TPSA) is 158 Å². The van der Waals surface area contributed by atoms with Crippen LogP contribution in [0.4, 0.5) is 4.39 Å². The lowest BCUT2D eigenvalue weighted by Crippen LogP contribution is -2.43. The molecule has 1 unspecified atom stereocenters. The third-order valence-electron chi connectivity index (χ3n) is 5.46. The summed E-state index contributed by atoms with van der Waals surface area (Å²) in [5.74, 6) is -0.458. The second kappa shape index (κ2) is 11.7. The Morgan fingerprint density at radius 3 is 2.57 bits per heavy atom. The van der Waals surface area contributed by atoms with Crippen LogP contribution in [0.2, 0.25) is 0 Å². The van der Waals surface area contributed by atoms with Crippen molar-refractivity contribution < 1.29 is 37.4 Å². The van der Waals surface area contributed by atoms with Crippen molar-refractivity contribution >= 4 is 13.7 Å². The number of rotatable bonds is 11. The highest BCUT2D eigenvalue weighted by molar-refractivity contribution is 7.52. The molecule has 1 fully saturated rings. The van der Waals surface area contributed by atoms with E-state index in [1.165, 1.54) is 19.1 Å². The fourth-order valence-corrected chi connectivity index (χ4v) is 5.01. The number of ether oxygens (including phenoxy) is 2. The fraction of sp³-hybridized carbons (Fsp3) is 0.522. The number of hydrogen-bond acceptors (Lipinski definition) is 9. The number of carbonyl (C=O) groups excluding carboxylic acids is 1. The van der Waals surface area contributed by atoms with E-state index in [0.717, 1.165) is 23.8 Å². The monoisotopic (exact) mass is 543 g/mol. The Morgan fingerprint density at radius 2 is 1.95 bits per heavy atom. The summed E-state index contributed by atoms with van der Waals surface area (Å²) in [5.41, 5.74) is -4.11. The van der Waals surface area contributed by atoms with Gasteiger partial charge in [0, 0.05) is 12.3 Å². The zero-order valence-electron chi connectivity index (χ0n) is 20.8. The van der Waals surface area contributed by atoms with Gasteiger partial charge in [0.2, 0.25) is 0 Å². The van der Waals surface area contributed by atoms with E-state index in [2.05, 4.69) is 5.09 Å². The molecule has 2 aromatic rings. The summed E-state index contributed by atoms with van der Waals surface area (Å²) in [6, 6.07) is 7.89. The first kappa shape index (κ1) is 28.7. The molecule has 204 valence electrons. The van der Waals surface area contributed by atoms with Gasteiger partial charge in [0.25, 0.3) is 5.56 Å². The molecule has 1 aliphatic rings. The first-order valence-electron chi connectivity index (χ1n) is 11.6. The Balaban J connectivity index is 1.78. The number of esters is 1. The van der Waals surface area contributed by atoms with Gasteiger partial charge in [0.1, 0.15) is 24.0 Å². The number of aromatic nitrogens is 2. The van der Waals surface area contributed by atoms with Gasteiger partial charge in [0.05, 0.1) is 13.2 Å². The molecule has 0 radical (unpaired) electrons. The number of aliphatic hydroxyl groups is 1. The summed E-state index contributed by atoms with van der Waals surface area (Å²) in [6.45, 7) is 5.66. The van der Waals surface area contributed by atoms with E-state index in [1.54, 1.807) is 18.2 Å². The van der Waals surface area contributed by atoms with Gasteiger partial charge in [-0.1, -0.05) is 32.0 Å². The number of benzene rings is 1. The lowest BCUT2D eigenvalue weighted by Gasteiger charge is -2.25. The molecular weight excluding hydrogens is 512 g/mol. The minimum absolute atomic E-state index is 0.0821. The largest absolute Gasteiger partial charge is 0.464 e. The minimum Gasteiger partial charge on any atom is -0.464 e. The standard InChI is InChI=1S/C23H31FN3O9P/c1-14(2)12-33-20(30)15(3)26-37(32,36-16-8-6-5-7-9-16)34-13-17-19(29)23(4,24)21(35-17)27-11-10-18(28)25-22(27)31/h5-11,14-15,17,19,21,29H,12-13H2,1-4H3,(H,26,32)(H,25,28,31)/t15-,17+,19+,21+,23+,37?/m0/s1. The molecule has 12 nitrogen and oxygen atoms in total. The van der Waals surface area contributed by atoms with E-state index in [4.69, 9.17) is 18.5 Å². The molecule has 0 aliphatic carbocycles. The summed E-state index contributed by atoms with van der Waals surface area (Å²) in [4.78, 5) is 37.9. The Labute approximate surface area is 212 Å². The molecular formula is C23H31FN3O9P. The lowest BCUT2D eigenvalue weighted by molar-refractivity contribution is -0.146. The molecule has 2 heterocycles. The second-order valence-electron chi connectivity index (χ2n) is 9.21. The zero-order valence-corrected chi connectivity index (χ0v) is 21.7. The second-order valence-corrected chi connectivity index (χ2v) is 10.9. The molecule has 37 heavy (non-hydrogen) atoms. The zero-order chi connectivity index (χ0) is 27.4. The number of nitrogens with one attached hydrogen (secondary N) is 2. The van der Waals surface area contributed by atoms with Crippen molar-refractivity contribution in [2.45, 2.75) is 57.8 Å². The smallest absolute Gasteiger partial charge is 0.459 e. The average molecular weight is 543 g/mol. The number of nitrogens with zero attached hydrogens (tertiary/aromatic N) is 1. The van der Waals surface area contributed by atoms with Gasteiger partial charge in [-0.25, -0.2) is 13.8 Å². The Kier molecular flexibility index (Phi) is 9.09. The van der Waals surface area contributed by atoms with E-state index >= 15 is 4.39 Å². The van der Waals surface area contributed by atoms with Gasteiger partial charge < -0.3 is 19.1 Å². The summed E-state index contributed by atoms with van der Waals surface area (Å²) >= 11 is 0. The van der Waals surface area contributed by atoms with Crippen LogP contribution in [0.25, 0.3) is 0 Å². The number of alkyl halides is 1. The van der Waals surface area contributed by atoms with Gasteiger partial charge in [-0.3, -0.25) is 23.7 Å². The first-order valence-corrected chi connectivity index (χ1v) is 13.1. The Bertz CT molecular complexity index is 1230. The van der Waals surface area contributed by atoms with Gasteiger partial charge in [-0.05, 0) is 31.9 Å². The quantitative estimate of drug-likeness (QED) is 0.282. The SMILES string of the molecule is CC(C)COC(=O)[C@H](C)NP(=O)(OC[C@H]1O[C@@H](n2ccc(=O)[nH]c2=O)[C@](C)(F)[C@@H]1O)Oc1ccccc1. The fourth-order valence-electron chi connectivity index (χ4n) is 3.51. The molecule has 0 amide bonds. The summed E-state index contributed by atoms with van der Waals surface area (Å²) in [6.07, 6.45) is -3.78. The number of carbonyl (C=O) groups is 1. The molecule has 0 bridgehead atoms. The minimum atomic E-state index is -4.31. The Hall–Kier alpha value is -2.83. The lowest BCUT2D eigenvalue weighted by atomic mass is 9.98. The average Bonchev–Trinajstić information content (AvgIpc) is 3.05. The molecule has 1 aliphatic heterocycles. The van der Waals surface area contributed by atoms with Crippen LogP contribution in [0.3, 0.4) is 0 Å². The van der Waals surface area contributed by atoms with Crippen molar-refractivity contribution in [3.63, 3.8) is 0 Å². The van der Waals surface area contributed by atoms with Crippen molar-refractivity contribution in [3.8, 4) is 5.75 Å². The molecule has 0 spiro atoms. The highest BCUT2D eigenvalue weighted by atomic mass is 31.2. The van der Waals surface area contributed by atoms with Crippen LogP contribution >= 0.6 is 7.75 Å². The van der Waals surface area contributed by atoms with E-state index in [0.29, 0.717) is 0 Å². The molecule has 0 saturated carbocycles. The third kappa shape index (κ3) is 7.14. The maximum atomic E-state index is 15.5. The number of halogens is 1. The highest BCUT2D eigenvalue weighted by Gasteiger charge is 2.55. The number of aromatic amines is 1. The van der Waals surface area contributed by atoms with Gasteiger partial charge in [-0.15, -0.1) is 0 Å². The van der Waals surface area contributed by atoms with Crippen molar-refractivity contribution in [1.82, 2.24) is 14.6 Å². The number of para-hydroxylation sites is 1. The molecule has 3 rings (SSSR count). The Morgan fingerprint density at radius 1 is 1.27 bits per heavy atom. The molecule has 3 N–H and O–H groups in total. The van der Waals surface area contributed by atoms with Crippen molar-refractivity contribution in [2.24, 2.45) is 5.92 Å². The van der Waals surface area contributed by atoms with Crippen molar-refractivity contribution in [2.75, 3.05) is 13.2 Å². The molecule has 6 atom stereocenters. The number of aliphatic hydroxyl groups excluding tert-OH is 1. The van der Waals surface area contributed by atoms with Crippen LogP contribution in [0.15, 0.2) is 52.2 Å². The predicted octanol–water partition coefficient (Wildman–Crippen LogP) is 1.90. The van der Waals surface area contributed by atoms with Crippen LogP contribution in [0.5, 0.6) is 5.75 Å². The maximum Gasteiger partial charge on any atom is 0.459 e. The van der Waals surface area contributed by atoms with Crippen LogP contribution in [0, 0.1) is 5.92 Å². The van der Waals surface area contributed by atoms with Crippen LogP contribution in [0.1, 0.15) is 33.9 Å². The number of H-pyrrole nitrogens is 1. The van der Waals surface area contributed by atoms with Crippen molar-refractivity contribution in [3.05, 3.63) is 63.4 Å². The number of hydrogen-bond donors (Lipinski definition) is 3. The molecule has 1 aromatic carbocycles. The molecule has 1 aromatic heterocycles.